The Kier molecular flexibility index (Phi) is 6.05. The highest BCUT2D eigenvalue weighted by Gasteiger charge is 2.04. The van der Waals surface area contributed by atoms with Gasteiger partial charge in [-0.1, -0.05) is 17.9 Å². The lowest BCUT2D eigenvalue weighted by Crippen LogP contribution is -2.03. The van der Waals surface area contributed by atoms with Crippen molar-refractivity contribution in [1.82, 2.24) is 4.98 Å². The Balaban J connectivity index is 1.96. The molecule has 0 radical (unpaired) electrons. The highest BCUT2D eigenvalue weighted by molar-refractivity contribution is 6.18. The smallest absolute Gasteiger partial charge is 0.165 e. The summed E-state index contributed by atoms with van der Waals surface area (Å²) in [6, 6.07) is 8.43. The van der Waals surface area contributed by atoms with Crippen molar-refractivity contribution in [2.45, 2.75) is 12.8 Å². The molecule has 0 aliphatic heterocycles. The molecule has 0 saturated carbocycles. The minimum absolute atomic E-state index is 0.219. The molecular formula is C17H15ClFNO. The molecule has 0 bridgehead atoms. The molecule has 0 saturated heterocycles. The van der Waals surface area contributed by atoms with Crippen LogP contribution in [0, 0.1) is 17.7 Å². The number of hydrogen-bond donors (Lipinski definition) is 0. The van der Waals surface area contributed by atoms with Crippen LogP contribution in [0.5, 0.6) is 5.75 Å². The summed E-state index contributed by atoms with van der Waals surface area (Å²) < 4.78 is 19.2. The van der Waals surface area contributed by atoms with Crippen LogP contribution in [0.2, 0.25) is 0 Å². The third-order valence-corrected chi connectivity index (χ3v) is 2.94. The molecule has 21 heavy (non-hydrogen) atoms. The Hall–Kier alpha value is -2.05. The van der Waals surface area contributed by atoms with Crippen LogP contribution in [0.4, 0.5) is 4.39 Å². The van der Waals surface area contributed by atoms with Gasteiger partial charge in [-0.25, -0.2) is 4.39 Å². The second-order valence-electron chi connectivity index (χ2n) is 4.35. The van der Waals surface area contributed by atoms with Crippen molar-refractivity contribution >= 4 is 11.6 Å². The molecule has 4 heteroatoms. The largest absolute Gasteiger partial charge is 0.490 e. The van der Waals surface area contributed by atoms with Gasteiger partial charge >= 0.3 is 0 Å². The molecule has 0 amide bonds. The van der Waals surface area contributed by atoms with Crippen molar-refractivity contribution in [3.05, 3.63) is 59.7 Å². The van der Waals surface area contributed by atoms with Gasteiger partial charge in [0.15, 0.2) is 11.6 Å². The van der Waals surface area contributed by atoms with E-state index < -0.39 is 0 Å². The van der Waals surface area contributed by atoms with Crippen LogP contribution < -0.4 is 4.74 Å². The number of ether oxygens (including phenoxy) is 1. The van der Waals surface area contributed by atoms with E-state index in [1.165, 1.54) is 6.07 Å². The summed E-state index contributed by atoms with van der Waals surface area (Å²) in [4.78, 5) is 4.03. The third-order valence-electron chi connectivity index (χ3n) is 2.75. The fourth-order valence-electron chi connectivity index (χ4n) is 1.73. The number of halogens is 2. The molecule has 2 rings (SSSR count). The molecule has 108 valence electrons. The quantitative estimate of drug-likeness (QED) is 0.619. The summed E-state index contributed by atoms with van der Waals surface area (Å²) in [6.45, 7) is 0.390. The van der Waals surface area contributed by atoms with Crippen LogP contribution in [0.3, 0.4) is 0 Å². The monoisotopic (exact) mass is 303 g/mol. The zero-order valence-corrected chi connectivity index (χ0v) is 12.2. The van der Waals surface area contributed by atoms with Crippen molar-refractivity contribution in [3.8, 4) is 17.6 Å². The van der Waals surface area contributed by atoms with Gasteiger partial charge in [-0.05, 0) is 29.8 Å². The van der Waals surface area contributed by atoms with Crippen molar-refractivity contribution in [1.29, 1.82) is 0 Å². The standard InChI is InChI=1S/C17H15ClFNO/c18-9-2-1-4-14-6-7-16(19)17(12-14)21-11-8-15-5-3-10-20-13-15/h3,5-7,10,12-13H,2,8-9,11H2. The maximum absolute atomic E-state index is 13.7. The second-order valence-corrected chi connectivity index (χ2v) is 4.72. The van der Waals surface area contributed by atoms with Gasteiger partial charge in [0.2, 0.25) is 0 Å². The van der Waals surface area contributed by atoms with Crippen LogP contribution in [-0.4, -0.2) is 17.5 Å². The van der Waals surface area contributed by atoms with E-state index in [9.17, 15) is 4.39 Å². The summed E-state index contributed by atoms with van der Waals surface area (Å²) in [6.07, 6.45) is 4.77. The highest BCUT2D eigenvalue weighted by atomic mass is 35.5. The summed E-state index contributed by atoms with van der Waals surface area (Å²) in [7, 11) is 0. The number of hydrogen-bond acceptors (Lipinski definition) is 2. The van der Waals surface area contributed by atoms with Gasteiger partial charge in [0.25, 0.3) is 0 Å². The lowest BCUT2D eigenvalue weighted by atomic mass is 10.2. The van der Waals surface area contributed by atoms with Crippen molar-refractivity contribution in [3.63, 3.8) is 0 Å². The molecule has 0 spiro atoms. The van der Waals surface area contributed by atoms with Crippen molar-refractivity contribution in [2.24, 2.45) is 0 Å². The van der Waals surface area contributed by atoms with E-state index in [4.69, 9.17) is 16.3 Å². The zero-order chi connectivity index (χ0) is 14.9. The highest BCUT2D eigenvalue weighted by Crippen LogP contribution is 2.18. The van der Waals surface area contributed by atoms with Crippen LogP contribution >= 0.6 is 11.6 Å². The van der Waals surface area contributed by atoms with Crippen molar-refractivity contribution in [2.75, 3.05) is 12.5 Å². The summed E-state index contributed by atoms with van der Waals surface area (Å²) >= 11 is 5.56. The fourth-order valence-corrected chi connectivity index (χ4v) is 1.82. The van der Waals surface area contributed by atoms with Gasteiger partial charge in [-0.15, -0.1) is 11.6 Å². The average molecular weight is 304 g/mol. The molecule has 2 nitrogen and oxygen atoms in total. The first-order valence-corrected chi connectivity index (χ1v) is 7.19. The number of benzene rings is 1. The van der Waals surface area contributed by atoms with Crippen LogP contribution in [0.25, 0.3) is 0 Å². The topological polar surface area (TPSA) is 22.1 Å². The Morgan fingerprint density at radius 3 is 2.95 bits per heavy atom. The van der Waals surface area contributed by atoms with E-state index in [2.05, 4.69) is 16.8 Å². The Bertz CT molecular complexity index is 634. The third kappa shape index (κ3) is 5.09. The fraction of sp³-hybridized carbons (Fsp3) is 0.235. The maximum Gasteiger partial charge on any atom is 0.165 e. The van der Waals surface area contributed by atoms with Gasteiger partial charge in [0, 0.05) is 36.7 Å². The Morgan fingerprint density at radius 1 is 1.29 bits per heavy atom. The molecule has 1 aromatic carbocycles. The molecule has 1 aromatic heterocycles. The van der Waals surface area contributed by atoms with Crippen LogP contribution in [-0.2, 0) is 6.42 Å². The van der Waals surface area contributed by atoms with E-state index in [0.717, 1.165) is 11.1 Å². The first-order chi connectivity index (χ1) is 10.3. The van der Waals surface area contributed by atoms with Crippen LogP contribution in [0.15, 0.2) is 42.7 Å². The molecule has 0 aliphatic rings. The molecule has 0 fully saturated rings. The van der Waals surface area contributed by atoms with E-state index in [-0.39, 0.29) is 11.6 Å². The SMILES string of the molecule is Fc1ccc(C#CCCCl)cc1OCCc1cccnc1. The Morgan fingerprint density at radius 2 is 2.19 bits per heavy atom. The molecule has 1 heterocycles. The molecule has 0 atom stereocenters. The summed E-state index contributed by atoms with van der Waals surface area (Å²) in [5.74, 6) is 6.16. The molecule has 0 N–H and O–H groups in total. The number of nitrogens with zero attached hydrogens (tertiary/aromatic N) is 1. The number of pyridine rings is 1. The van der Waals surface area contributed by atoms with E-state index in [1.807, 2.05) is 12.1 Å². The van der Waals surface area contributed by atoms with E-state index >= 15 is 0 Å². The second kappa shape index (κ2) is 8.28. The lowest BCUT2D eigenvalue weighted by molar-refractivity contribution is 0.305. The lowest BCUT2D eigenvalue weighted by Gasteiger charge is -2.07. The van der Waals surface area contributed by atoms with Gasteiger partial charge in [-0.2, -0.15) is 0 Å². The van der Waals surface area contributed by atoms with E-state index in [0.29, 0.717) is 25.3 Å². The normalized spacial score (nSPS) is 9.81. The van der Waals surface area contributed by atoms with Crippen LogP contribution in [0.1, 0.15) is 17.5 Å². The summed E-state index contributed by atoms with van der Waals surface area (Å²) in [5.41, 5.74) is 1.77. The minimum Gasteiger partial charge on any atom is -0.490 e. The Labute approximate surface area is 128 Å². The molecule has 0 aliphatic carbocycles. The predicted molar refractivity (Wildman–Crippen MR) is 82.1 cm³/mol. The maximum atomic E-state index is 13.7. The summed E-state index contributed by atoms with van der Waals surface area (Å²) in [5, 5.41) is 0. The minimum atomic E-state index is -0.385. The number of alkyl halides is 1. The van der Waals surface area contributed by atoms with Gasteiger partial charge in [0.05, 0.1) is 6.61 Å². The first-order valence-electron chi connectivity index (χ1n) is 6.65. The van der Waals surface area contributed by atoms with E-state index in [1.54, 1.807) is 24.5 Å². The van der Waals surface area contributed by atoms with Gasteiger partial charge in [-0.3, -0.25) is 4.98 Å². The molecule has 2 aromatic rings. The molecule has 0 unspecified atom stereocenters. The van der Waals surface area contributed by atoms with Gasteiger partial charge < -0.3 is 4.74 Å². The predicted octanol–water partition coefficient (Wildman–Crippen LogP) is 3.82. The number of aromatic nitrogens is 1. The van der Waals surface area contributed by atoms with Crippen molar-refractivity contribution < 1.29 is 9.13 Å². The zero-order valence-electron chi connectivity index (χ0n) is 11.5. The first kappa shape index (κ1) is 15.3. The number of rotatable bonds is 5. The van der Waals surface area contributed by atoms with Gasteiger partial charge in [0.1, 0.15) is 0 Å². The molecular weight excluding hydrogens is 289 g/mol. The average Bonchev–Trinajstić information content (AvgIpc) is 2.51.